The van der Waals surface area contributed by atoms with Crippen LogP contribution in [-0.4, -0.2) is 55.2 Å². The molecule has 0 spiro atoms. The molecule has 0 aliphatic heterocycles. The van der Waals surface area contributed by atoms with Gasteiger partial charge in [-0.05, 0) is 52.1 Å². The Labute approximate surface area is 124 Å². The molecule has 0 bridgehead atoms. The van der Waals surface area contributed by atoms with Gasteiger partial charge in [0.25, 0.3) is 0 Å². The van der Waals surface area contributed by atoms with Gasteiger partial charge in [-0.3, -0.25) is 0 Å². The van der Waals surface area contributed by atoms with E-state index in [2.05, 4.69) is 44.8 Å². The van der Waals surface area contributed by atoms with E-state index < -0.39 is 6.10 Å². The fourth-order valence-electron chi connectivity index (χ4n) is 2.75. The van der Waals surface area contributed by atoms with Gasteiger partial charge in [0, 0.05) is 6.04 Å². The Kier molecular flexibility index (Phi) is 7.20. The van der Waals surface area contributed by atoms with Crippen molar-refractivity contribution in [3.05, 3.63) is 35.9 Å². The van der Waals surface area contributed by atoms with Crippen molar-refractivity contribution in [2.24, 2.45) is 5.92 Å². The molecule has 20 heavy (non-hydrogen) atoms. The molecule has 114 valence electrons. The molecule has 1 aromatic rings. The number of hydrogen-bond acceptors (Lipinski definition) is 3. The average molecular weight is 278 g/mol. The topological polar surface area (TPSA) is 26.7 Å². The lowest BCUT2D eigenvalue weighted by Gasteiger charge is -2.35. The van der Waals surface area contributed by atoms with E-state index in [-0.39, 0.29) is 6.04 Å². The van der Waals surface area contributed by atoms with Gasteiger partial charge in [-0.15, -0.1) is 0 Å². The quantitative estimate of drug-likeness (QED) is 0.792. The van der Waals surface area contributed by atoms with Crippen molar-refractivity contribution >= 4 is 0 Å². The first-order valence-corrected chi connectivity index (χ1v) is 7.51. The second-order valence-electron chi connectivity index (χ2n) is 6.23. The maximum absolute atomic E-state index is 10.7. The van der Waals surface area contributed by atoms with E-state index >= 15 is 0 Å². The Hall–Kier alpha value is -0.900. The van der Waals surface area contributed by atoms with E-state index in [1.807, 2.05) is 30.3 Å². The minimum Gasteiger partial charge on any atom is -0.387 e. The molecule has 3 heteroatoms. The number of nitrogens with zero attached hydrogens (tertiary/aromatic N) is 2. The van der Waals surface area contributed by atoms with Gasteiger partial charge in [0.1, 0.15) is 0 Å². The summed E-state index contributed by atoms with van der Waals surface area (Å²) in [7, 11) is 6.31. The fourth-order valence-corrected chi connectivity index (χ4v) is 2.75. The van der Waals surface area contributed by atoms with Crippen molar-refractivity contribution < 1.29 is 5.11 Å². The number of rotatable bonds is 8. The summed E-state index contributed by atoms with van der Waals surface area (Å²) >= 11 is 0. The van der Waals surface area contributed by atoms with Crippen molar-refractivity contribution in [1.29, 1.82) is 0 Å². The summed E-state index contributed by atoms with van der Waals surface area (Å²) in [4.78, 5) is 4.50. The highest BCUT2D eigenvalue weighted by molar-refractivity contribution is 5.19. The third-order valence-corrected chi connectivity index (χ3v) is 3.77. The van der Waals surface area contributed by atoms with Crippen molar-refractivity contribution in [1.82, 2.24) is 9.80 Å². The van der Waals surface area contributed by atoms with Gasteiger partial charge in [-0.1, -0.05) is 44.2 Å². The van der Waals surface area contributed by atoms with Crippen LogP contribution in [0.5, 0.6) is 0 Å². The largest absolute Gasteiger partial charge is 0.387 e. The van der Waals surface area contributed by atoms with Gasteiger partial charge >= 0.3 is 0 Å². The summed E-state index contributed by atoms with van der Waals surface area (Å²) in [6.07, 6.45) is 0.689. The SMILES string of the molecule is CC(C)C(C(O)c1ccccc1)N(C)CCCN(C)C. The molecule has 0 fully saturated rings. The van der Waals surface area contributed by atoms with E-state index in [9.17, 15) is 5.11 Å². The zero-order chi connectivity index (χ0) is 15.1. The maximum Gasteiger partial charge on any atom is 0.0947 e. The van der Waals surface area contributed by atoms with Crippen LogP contribution in [0, 0.1) is 5.92 Å². The zero-order valence-electron chi connectivity index (χ0n) is 13.6. The van der Waals surface area contributed by atoms with Gasteiger partial charge in [0.05, 0.1) is 6.10 Å². The third kappa shape index (κ3) is 5.23. The van der Waals surface area contributed by atoms with Gasteiger partial charge in [-0.25, -0.2) is 0 Å². The number of benzene rings is 1. The Bertz CT molecular complexity index is 365. The number of aliphatic hydroxyl groups excluding tert-OH is 1. The van der Waals surface area contributed by atoms with Crippen LogP contribution in [0.25, 0.3) is 0 Å². The molecule has 0 radical (unpaired) electrons. The van der Waals surface area contributed by atoms with Crippen molar-refractivity contribution in [3.63, 3.8) is 0 Å². The molecule has 0 aromatic heterocycles. The van der Waals surface area contributed by atoms with Crippen LogP contribution in [0.3, 0.4) is 0 Å². The molecule has 0 heterocycles. The first-order chi connectivity index (χ1) is 9.43. The Morgan fingerprint density at radius 2 is 1.60 bits per heavy atom. The smallest absolute Gasteiger partial charge is 0.0947 e. The molecule has 1 rings (SSSR count). The minimum absolute atomic E-state index is 0.152. The van der Waals surface area contributed by atoms with Crippen LogP contribution >= 0.6 is 0 Å². The standard InChI is InChI=1S/C17H30N2O/c1-14(2)16(19(5)13-9-12-18(3)4)17(20)15-10-7-6-8-11-15/h6-8,10-11,14,16-17,20H,9,12-13H2,1-5H3. The third-order valence-electron chi connectivity index (χ3n) is 3.77. The molecule has 3 nitrogen and oxygen atoms in total. The molecule has 2 unspecified atom stereocenters. The summed E-state index contributed by atoms with van der Waals surface area (Å²) in [6.45, 7) is 6.44. The average Bonchev–Trinajstić information content (AvgIpc) is 2.39. The summed E-state index contributed by atoms with van der Waals surface area (Å²) in [6, 6.07) is 10.1. The maximum atomic E-state index is 10.7. The van der Waals surface area contributed by atoms with Crippen LogP contribution in [0.1, 0.15) is 31.9 Å². The lowest BCUT2D eigenvalue weighted by molar-refractivity contribution is 0.0351. The highest BCUT2D eigenvalue weighted by Crippen LogP contribution is 2.25. The van der Waals surface area contributed by atoms with E-state index in [1.165, 1.54) is 0 Å². The molecule has 0 saturated carbocycles. The number of aliphatic hydroxyl groups is 1. The zero-order valence-corrected chi connectivity index (χ0v) is 13.6. The van der Waals surface area contributed by atoms with Crippen LogP contribution in [0.15, 0.2) is 30.3 Å². The van der Waals surface area contributed by atoms with Crippen LogP contribution < -0.4 is 0 Å². The van der Waals surface area contributed by atoms with Gasteiger partial charge in [0.15, 0.2) is 0 Å². The van der Waals surface area contributed by atoms with Gasteiger partial charge in [0.2, 0.25) is 0 Å². The highest BCUT2D eigenvalue weighted by atomic mass is 16.3. The van der Waals surface area contributed by atoms with E-state index in [0.717, 1.165) is 25.1 Å². The van der Waals surface area contributed by atoms with Crippen LogP contribution in [0.2, 0.25) is 0 Å². The summed E-state index contributed by atoms with van der Waals surface area (Å²) in [5.74, 6) is 0.412. The molecule has 0 aliphatic rings. The van der Waals surface area contributed by atoms with Crippen molar-refractivity contribution in [2.75, 3.05) is 34.2 Å². The Morgan fingerprint density at radius 3 is 2.10 bits per heavy atom. The summed E-state index contributed by atoms with van der Waals surface area (Å²) in [5.41, 5.74) is 1.01. The molecular formula is C17H30N2O. The van der Waals surface area contributed by atoms with Crippen molar-refractivity contribution in [3.8, 4) is 0 Å². The number of hydrogen-bond donors (Lipinski definition) is 1. The normalized spacial score (nSPS) is 15.1. The second kappa shape index (κ2) is 8.40. The summed E-state index contributed by atoms with van der Waals surface area (Å²) in [5, 5.41) is 10.7. The van der Waals surface area contributed by atoms with Gasteiger partial charge < -0.3 is 14.9 Å². The molecular weight excluding hydrogens is 248 g/mol. The fraction of sp³-hybridized carbons (Fsp3) is 0.647. The van der Waals surface area contributed by atoms with E-state index in [0.29, 0.717) is 5.92 Å². The minimum atomic E-state index is -0.430. The van der Waals surface area contributed by atoms with Crippen LogP contribution in [0.4, 0.5) is 0 Å². The Morgan fingerprint density at radius 1 is 1.00 bits per heavy atom. The second-order valence-corrected chi connectivity index (χ2v) is 6.23. The highest BCUT2D eigenvalue weighted by Gasteiger charge is 2.27. The van der Waals surface area contributed by atoms with Gasteiger partial charge in [-0.2, -0.15) is 0 Å². The monoisotopic (exact) mass is 278 g/mol. The number of likely N-dealkylation sites (N-methyl/N-ethyl adjacent to an activating group) is 1. The predicted molar refractivity (Wildman–Crippen MR) is 85.8 cm³/mol. The summed E-state index contributed by atoms with van der Waals surface area (Å²) < 4.78 is 0. The van der Waals surface area contributed by atoms with Crippen LogP contribution in [-0.2, 0) is 0 Å². The molecule has 0 saturated heterocycles. The molecule has 1 N–H and O–H groups in total. The lowest BCUT2D eigenvalue weighted by Crippen LogP contribution is -2.41. The molecule has 0 aliphatic carbocycles. The molecule has 1 aromatic carbocycles. The van der Waals surface area contributed by atoms with E-state index in [4.69, 9.17) is 0 Å². The first-order valence-electron chi connectivity index (χ1n) is 7.51. The Balaban J connectivity index is 2.68. The lowest BCUT2D eigenvalue weighted by atomic mass is 9.92. The predicted octanol–water partition coefficient (Wildman–Crippen LogP) is 2.63. The van der Waals surface area contributed by atoms with E-state index in [1.54, 1.807) is 0 Å². The molecule has 0 amide bonds. The van der Waals surface area contributed by atoms with Crippen molar-refractivity contribution in [2.45, 2.75) is 32.4 Å². The first kappa shape index (κ1) is 17.2. The molecule has 2 atom stereocenters.